The van der Waals surface area contributed by atoms with E-state index in [1.54, 1.807) is 25.3 Å². The van der Waals surface area contributed by atoms with E-state index in [0.29, 0.717) is 11.3 Å². The lowest BCUT2D eigenvalue weighted by atomic mass is 10.1. The van der Waals surface area contributed by atoms with E-state index in [9.17, 15) is 13.2 Å². The predicted molar refractivity (Wildman–Crippen MR) is 159 cm³/mol. The number of nitrogens with one attached hydrogen (secondary N) is 1. The van der Waals surface area contributed by atoms with Crippen LogP contribution in [0.1, 0.15) is 42.4 Å². The molecule has 10 nitrogen and oxygen atoms in total. The Morgan fingerprint density at radius 1 is 0.976 bits per heavy atom. The van der Waals surface area contributed by atoms with Crippen LogP contribution >= 0.6 is 0 Å². The average Bonchev–Trinajstić information content (AvgIpc) is 3.09. The van der Waals surface area contributed by atoms with Crippen LogP contribution in [0.4, 0.5) is 5.82 Å². The summed E-state index contributed by atoms with van der Waals surface area (Å²) in [5.74, 6) is 0.386. The third-order valence-corrected chi connectivity index (χ3v) is 9.40. The molecule has 1 aromatic carbocycles. The second-order valence-corrected chi connectivity index (χ2v) is 13.0. The van der Waals surface area contributed by atoms with Crippen molar-refractivity contribution in [2.75, 3.05) is 23.7 Å². The lowest BCUT2D eigenvalue weighted by molar-refractivity contribution is -0.00545. The maximum Gasteiger partial charge on any atom is 0.251 e. The Morgan fingerprint density at radius 3 is 2.57 bits per heavy atom. The highest BCUT2D eigenvalue weighted by atomic mass is 32.2. The molecule has 1 saturated heterocycles. The molecule has 11 heteroatoms. The standard InChI is InChI=1S/C31H33N5O5S/c1-19-15-36(16-20(2)41-19)30-6-4-5-26(35-30)27-10-9-23-13-32-25(12-28(23)34-27)14-33-31(37)22-7-8-24-17-40-21(3)18-42(38,39)29(24)11-22/h4-13,19-21H,14-18H2,1-3H3,(H,33,37)/t19-,20+,21?. The highest BCUT2D eigenvalue weighted by Gasteiger charge is 2.27. The van der Waals surface area contributed by atoms with Gasteiger partial charge in [0.05, 0.1) is 64.7 Å². The summed E-state index contributed by atoms with van der Waals surface area (Å²) in [6, 6.07) is 16.4. The molecule has 1 N–H and O–H groups in total. The van der Waals surface area contributed by atoms with Crippen LogP contribution in [0.15, 0.2) is 65.7 Å². The van der Waals surface area contributed by atoms with Gasteiger partial charge in [-0.15, -0.1) is 0 Å². The quantitative estimate of drug-likeness (QED) is 0.370. The van der Waals surface area contributed by atoms with Gasteiger partial charge in [-0.2, -0.15) is 0 Å². The van der Waals surface area contributed by atoms with Crippen LogP contribution in [0.3, 0.4) is 0 Å². The maximum atomic E-state index is 13.0. The number of morpholine rings is 1. The summed E-state index contributed by atoms with van der Waals surface area (Å²) in [5.41, 5.74) is 3.70. The molecular formula is C31H33N5O5S. The van der Waals surface area contributed by atoms with Gasteiger partial charge in [0, 0.05) is 30.2 Å². The van der Waals surface area contributed by atoms with Gasteiger partial charge in [-0.05, 0) is 68.8 Å². The first-order valence-electron chi connectivity index (χ1n) is 14.0. The number of pyridine rings is 3. The summed E-state index contributed by atoms with van der Waals surface area (Å²) in [6.45, 7) is 7.78. The van der Waals surface area contributed by atoms with Gasteiger partial charge < -0.3 is 19.7 Å². The van der Waals surface area contributed by atoms with Gasteiger partial charge in [0.1, 0.15) is 5.82 Å². The third-order valence-electron chi connectivity index (χ3n) is 7.44. The Balaban J connectivity index is 1.19. The number of fused-ring (bicyclic) bond motifs is 2. The van der Waals surface area contributed by atoms with Gasteiger partial charge in [0.25, 0.3) is 5.91 Å². The number of aromatic nitrogens is 3. The number of sulfone groups is 1. The molecule has 3 aromatic heterocycles. The zero-order valence-electron chi connectivity index (χ0n) is 23.8. The van der Waals surface area contributed by atoms with Crippen LogP contribution in [0.5, 0.6) is 0 Å². The number of amides is 1. The SMILES string of the molecule is CC1CS(=O)(=O)c2cc(C(=O)NCc3cc4nc(-c5cccc(N6C[C@@H](C)O[C@@H](C)C6)n5)ccc4cn3)ccc2CO1. The summed E-state index contributed by atoms with van der Waals surface area (Å²) >= 11 is 0. The molecule has 218 valence electrons. The van der Waals surface area contributed by atoms with Gasteiger partial charge in [0.2, 0.25) is 0 Å². The fourth-order valence-corrected chi connectivity index (χ4v) is 7.19. The molecule has 0 spiro atoms. The van der Waals surface area contributed by atoms with Gasteiger partial charge in [-0.1, -0.05) is 12.1 Å². The molecule has 42 heavy (non-hydrogen) atoms. The van der Waals surface area contributed by atoms with Crippen molar-refractivity contribution in [3.05, 3.63) is 77.6 Å². The van der Waals surface area contributed by atoms with E-state index < -0.39 is 15.9 Å². The number of hydrogen-bond acceptors (Lipinski definition) is 9. The summed E-state index contributed by atoms with van der Waals surface area (Å²) in [6.07, 6.45) is 1.58. The summed E-state index contributed by atoms with van der Waals surface area (Å²) < 4.78 is 37.0. The Bertz CT molecular complexity index is 1750. The van der Waals surface area contributed by atoms with Crippen molar-refractivity contribution in [2.24, 2.45) is 0 Å². The summed E-state index contributed by atoms with van der Waals surface area (Å²) in [5, 5.41) is 3.72. The fourth-order valence-electron chi connectivity index (χ4n) is 5.46. The minimum Gasteiger partial charge on any atom is -0.373 e. The molecule has 1 amide bonds. The Labute approximate surface area is 245 Å². The van der Waals surface area contributed by atoms with E-state index in [-0.39, 0.29) is 47.5 Å². The molecule has 0 saturated carbocycles. The molecule has 1 fully saturated rings. The molecular weight excluding hydrogens is 554 g/mol. The second-order valence-electron chi connectivity index (χ2n) is 11.0. The molecule has 0 radical (unpaired) electrons. The number of carbonyl (C=O) groups excluding carboxylic acids is 1. The lowest BCUT2D eigenvalue weighted by Crippen LogP contribution is -2.45. The highest BCUT2D eigenvalue weighted by molar-refractivity contribution is 7.91. The zero-order valence-corrected chi connectivity index (χ0v) is 24.6. The van der Waals surface area contributed by atoms with E-state index in [1.807, 2.05) is 36.4 Å². The number of benzene rings is 1. The normalized spacial score (nSPS) is 21.9. The van der Waals surface area contributed by atoms with Crippen molar-refractivity contribution in [3.63, 3.8) is 0 Å². The topological polar surface area (TPSA) is 124 Å². The number of nitrogens with zero attached hydrogens (tertiary/aromatic N) is 4. The van der Waals surface area contributed by atoms with Crippen LogP contribution < -0.4 is 10.2 Å². The number of rotatable bonds is 5. The smallest absolute Gasteiger partial charge is 0.251 e. The molecule has 3 atom stereocenters. The average molecular weight is 588 g/mol. The molecule has 0 aliphatic carbocycles. The van der Waals surface area contributed by atoms with Crippen molar-refractivity contribution >= 4 is 32.5 Å². The van der Waals surface area contributed by atoms with Gasteiger partial charge in [0.15, 0.2) is 9.84 Å². The third kappa shape index (κ3) is 5.99. The molecule has 2 aliphatic rings. The molecule has 1 unspecified atom stereocenters. The van der Waals surface area contributed by atoms with Crippen molar-refractivity contribution in [1.82, 2.24) is 20.3 Å². The van der Waals surface area contributed by atoms with Gasteiger partial charge >= 0.3 is 0 Å². The van der Waals surface area contributed by atoms with Crippen molar-refractivity contribution in [3.8, 4) is 11.4 Å². The minimum atomic E-state index is -3.56. The number of anilines is 1. The first-order chi connectivity index (χ1) is 20.1. The van der Waals surface area contributed by atoms with Gasteiger partial charge in [-0.25, -0.2) is 18.4 Å². The molecule has 6 rings (SSSR count). The van der Waals surface area contributed by atoms with E-state index in [1.165, 1.54) is 6.07 Å². The van der Waals surface area contributed by atoms with Crippen molar-refractivity contribution in [1.29, 1.82) is 0 Å². The molecule has 4 aromatic rings. The van der Waals surface area contributed by atoms with Crippen LogP contribution in [0.25, 0.3) is 22.3 Å². The summed E-state index contributed by atoms with van der Waals surface area (Å²) in [7, 11) is -3.56. The van der Waals surface area contributed by atoms with Crippen molar-refractivity contribution < 1.29 is 22.7 Å². The molecule has 5 heterocycles. The predicted octanol–water partition coefficient (Wildman–Crippen LogP) is 3.93. The van der Waals surface area contributed by atoms with E-state index in [4.69, 9.17) is 19.4 Å². The van der Waals surface area contributed by atoms with Crippen molar-refractivity contribution in [2.45, 2.75) is 57.1 Å². The number of ether oxygens (including phenoxy) is 2. The molecule has 2 aliphatic heterocycles. The second kappa shape index (κ2) is 11.4. The Kier molecular flexibility index (Phi) is 7.65. The fraction of sp³-hybridized carbons (Fsp3) is 0.355. The van der Waals surface area contributed by atoms with E-state index in [2.05, 4.69) is 29.0 Å². The number of carbonyl (C=O) groups is 1. The zero-order chi connectivity index (χ0) is 29.4. The minimum absolute atomic E-state index is 0.119. The van der Waals surface area contributed by atoms with Crippen LogP contribution in [0.2, 0.25) is 0 Å². The first-order valence-corrected chi connectivity index (χ1v) is 15.7. The largest absolute Gasteiger partial charge is 0.373 e. The first kappa shape index (κ1) is 28.2. The van der Waals surface area contributed by atoms with Crippen LogP contribution in [-0.4, -0.2) is 66.4 Å². The Hall–Kier alpha value is -3.93. The van der Waals surface area contributed by atoms with Gasteiger partial charge in [-0.3, -0.25) is 9.78 Å². The number of hydrogen-bond donors (Lipinski definition) is 1. The van der Waals surface area contributed by atoms with Crippen LogP contribution in [0, 0.1) is 0 Å². The Morgan fingerprint density at radius 2 is 1.76 bits per heavy atom. The maximum absolute atomic E-state index is 13.0. The lowest BCUT2D eigenvalue weighted by Gasteiger charge is -2.36. The van der Waals surface area contributed by atoms with E-state index >= 15 is 0 Å². The van der Waals surface area contributed by atoms with Crippen LogP contribution in [-0.2, 0) is 32.5 Å². The summed E-state index contributed by atoms with van der Waals surface area (Å²) in [4.78, 5) is 29.6. The van der Waals surface area contributed by atoms with E-state index in [0.717, 1.165) is 41.2 Å². The molecule has 0 bridgehead atoms. The monoisotopic (exact) mass is 587 g/mol. The highest BCUT2D eigenvalue weighted by Crippen LogP contribution is 2.26.